The van der Waals surface area contributed by atoms with Crippen LogP contribution in [-0.2, 0) is 48.5 Å². The fourth-order valence-corrected chi connectivity index (χ4v) is 10.1. The first-order chi connectivity index (χ1) is 34.1. The van der Waals surface area contributed by atoms with Gasteiger partial charge in [-0.15, -0.1) is 72.1 Å². The molecular weight excluding hydrogens is 1090 g/mol. The van der Waals surface area contributed by atoms with Crippen molar-refractivity contribution in [2.45, 2.75) is 95.9 Å². The molecule has 2 aliphatic rings. The van der Waals surface area contributed by atoms with Crippen LogP contribution < -0.4 is 24.8 Å². The molecule has 0 aliphatic heterocycles. The average Bonchev–Trinajstić information content (AvgIpc) is 4.23. The van der Waals surface area contributed by atoms with Crippen LogP contribution in [0.4, 0.5) is 0 Å². The van der Waals surface area contributed by atoms with Crippen molar-refractivity contribution in [2.24, 2.45) is 21.7 Å². The van der Waals surface area contributed by atoms with Crippen LogP contribution in [0, 0.1) is 33.8 Å². The van der Waals surface area contributed by atoms with E-state index in [-0.39, 0.29) is 46.5 Å². The van der Waals surface area contributed by atoms with Crippen LogP contribution in [-0.4, -0.2) is 6.41 Å². The van der Waals surface area contributed by atoms with Crippen molar-refractivity contribution >= 4 is 28.0 Å². The molecule has 0 spiro atoms. The molecule has 0 saturated heterocycles. The van der Waals surface area contributed by atoms with Gasteiger partial charge in [-0.3, -0.25) is 12.2 Å². The van der Waals surface area contributed by atoms with Crippen LogP contribution in [0.5, 0.6) is 0 Å². The fraction of sp³-hybridized carbons (Fsp3) is 0.257. The summed E-state index contributed by atoms with van der Waals surface area (Å²) in [5.41, 5.74) is 12.2. The van der Waals surface area contributed by atoms with Crippen molar-refractivity contribution in [3.8, 4) is 0 Å². The summed E-state index contributed by atoms with van der Waals surface area (Å²) in [5.74, 6) is 0. The second-order valence-corrected chi connectivity index (χ2v) is 24.7. The molecule has 10 rings (SSSR count). The van der Waals surface area contributed by atoms with Gasteiger partial charge in [0.25, 0.3) is 0 Å². The van der Waals surface area contributed by atoms with Gasteiger partial charge in [-0.25, -0.2) is 11.1 Å². The second-order valence-electron chi connectivity index (χ2n) is 22.3. The van der Waals surface area contributed by atoms with Crippen LogP contribution in [0.2, 0.25) is 0 Å². The quantitative estimate of drug-likeness (QED) is 0.154. The summed E-state index contributed by atoms with van der Waals surface area (Å²) >= 11 is 2.92. The number of allylic oxidation sites excluding steroid dienone is 8. The third kappa shape index (κ3) is 20.3. The van der Waals surface area contributed by atoms with E-state index in [9.17, 15) is 0 Å². The van der Waals surface area contributed by atoms with E-state index in [1.165, 1.54) is 121 Å². The summed E-state index contributed by atoms with van der Waals surface area (Å²) < 4.78 is 2.83. The Labute approximate surface area is 489 Å². The van der Waals surface area contributed by atoms with Crippen LogP contribution in [0.15, 0.2) is 241 Å². The van der Waals surface area contributed by atoms with Crippen LogP contribution in [0.3, 0.4) is 0 Å². The maximum atomic E-state index is 3.48. The van der Waals surface area contributed by atoms with Gasteiger partial charge in [0.05, 0.1) is 0 Å². The minimum atomic E-state index is 0. The number of hydrogen-bond acceptors (Lipinski definition) is 0. The molecule has 0 fully saturated rings. The van der Waals surface area contributed by atoms with Crippen molar-refractivity contribution in [1.82, 2.24) is 0 Å². The van der Waals surface area contributed by atoms with E-state index in [1.807, 2.05) is 0 Å². The van der Waals surface area contributed by atoms with E-state index in [0.29, 0.717) is 0 Å². The number of halogens is 2. The minimum absolute atomic E-state index is 0. The number of fused-ring (bicyclic) bond motifs is 2. The number of rotatable bonds is 4. The molecule has 0 bridgehead atoms. The normalized spacial score (nSPS) is 12.8. The molecule has 0 atom stereocenters. The molecule has 0 radical (unpaired) electrons. The Balaban J connectivity index is 0.000000234. The maximum Gasteiger partial charge on any atom is -0.0809 e. The van der Waals surface area contributed by atoms with Gasteiger partial charge >= 0.3 is 198 Å². The van der Waals surface area contributed by atoms with E-state index < -0.39 is 0 Å². The van der Waals surface area contributed by atoms with Crippen LogP contribution in [0.25, 0.3) is 21.5 Å². The molecule has 0 nitrogen and oxygen atoms in total. The first kappa shape index (κ1) is 63.9. The predicted molar refractivity (Wildman–Crippen MR) is 308 cm³/mol. The molecule has 0 unspecified atom stereocenters. The van der Waals surface area contributed by atoms with E-state index in [2.05, 4.69) is 314 Å². The summed E-state index contributed by atoms with van der Waals surface area (Å²) in [6, 6.07) is 71.6. The van der Waals surface area contributed by atoms with E-state index >= 15 is 0 Å². The Bertz CT molecular complexity index is 2630. The van der Waals surface area contributed by atoms with Gasteiger partial charge in [0.15, 0.2) is 0 Å². The van der Waals surface area contributed by atoms with Crippen LogP contribution in [0.1, 0.15) is 118 Å². The molecule has 8 aromatic carbocycles. The van der Waals surface area contributed by atoms with Gasteiger partial charge in [-0.05, 0) is 10.8 Å². The van der Waals surface area contributed by atoms with Crippen LogP contribution >= 0.6 is 0 Å². The summed E-state index contributed by atoms with van der Waals surface area (Å²) in [6.45, 7) is 27.2. The monoisotopic (exact) mass is 1170 g/mol. The minimum Gasteiger partial charge on any atom is -0.168 e. The molecule has 4 heteroatoms. The zero-order valence-corrected chi connectivity index (χ0v) is 52.4. The number of hydrogen-bond donors (Lipinski definition) is 0. The second kappa shape index (κ2) is 30.4. The molecule has 2 aliphatic carbocycles. The summed E-state index contributed by atoms with van der Waals surface area (Å²) in [7, 11) is 0. The topological polar surface area (TPSA) is 0 Å². The van der Waals surface area contributed by atoms with Gasteiger partial charge in [0.1, 0.15) is 0 Å². The SMILES string of the molecule is CC(C)(C)C1=[C-]CC=C1C(C)(C)C.CC(C)(C)C1=[C-]CC=C1C(C)(C)C.[Cl-].[Cl-].[Zr+2]=[C](c1ccccc1)c1ccccc1.[Zr+2]=[C](c1ccccc1)c1ccccc1.c1ccc2[cH-]ccc2c1.c1ccc2[cH-]ccc2c1. The molecular formula is C70H76Cl2Zr2-2. The Hall–Kier alpha value is -4.41. The zero-order chi connectivity index (χ0) is 52.4. The Morgan fingerprint density at radius 3 is 0.838 bits per heavy atom. The summed E-state index contributed by atoms with van der Waals surface area (Å²) in [5, 5.41) is 5.32. The van der Waals surface area contributed by atoms with Crippen molar-refractivity contribution in [2.75, 3.05) is 0 Å². The van der Waals surface area contributed by atoms with Crippen molar-refractivity contribution < 1.29 is 73.3 Å². The Morgan fingerprint density at radius 2 is 0.608 bits per heavy atom. The molecule has 0 heterocycles. The largest absolute Gasteiger partial charge is 0.168 e. The summed E-state index contributed by atoms with van der Waals surface area (Å²) in [6.07, 6.45) is 13.6. The van der Waals surface area contributed by atoms with Crippen molar-refractivity contribution in [3.05, 3.63) is 275 Å². The van der Waals surface area contributed by atoms with E-state index in [0.717, 1.165) is 12.8 Å². The van der Waals surface area contributed by atoms with E-state index in [1.54, 1.807) is 0 Å². The van der Waals surface area contributed by atoms with Gasteiger partial charge in [0.2, 0.25) is 0 Å². The molecule has 0 N–H and O–H groups in total. The fourth-order valence-electron chi connectivity index (χ4n) is 8.50. The van der Waals surface area contributed by atoms with Gasteiger partial charge in [-0.1, -0.05) is 106 Å². The Morgan fingerprint density at radius 1 is 0.351 bits per heavy atom. The third-order valence-electron chi connectivity index (χ3n) is 12.2. The van der Waals surface area contributed by atoms with Crippen molar-refractivity contribution in [1.29, 1.82) is 0 Å². The molecule has 380 valence electrons. The standard InChI is InChI=1S/2C13H10.2C13H21.2C9H7.2ClH.2Zr/c2*1-3-7-12(8-4-1)11-13-9-5-2-6-10-13;2*1-12(2,3)10-8-7-9-11(10)13(4,5)6;2*1-2-5-9-7-3-6-8(9)4-1;;;;/h2*1-10H;2*8H,7H2,1-6H3;2*1-7H;2*1H;;/q;;4*-1;;;2*+2/p-2. The molecule has 0 saturated carbocycles. The number of benzene rings is 6. The van der Waals surface area contributed by atoms with Gasteiger partial charge < -0.3 is 24.8 Å². The smallest absolute Gasteiger partial charge is 0.0809 e. The van der Waals surface area contributed by atoms with Gasteiger partial charge in [-0.2, -0.15) is 58.3 Å². The molecule has 74 heavy (non-hydrogen) atoms. The molecule has 0 aromatic heterocycles. The van der Waals surface area contributed by atoms with Gasteiger partial charge in [0, 0.05) is 0 Å². The predicted octanol–water partition coefficient (Wildman–Crippen LogP) is 13.0. The maximum absolute atomic E-state index is 3.48. The average molecular weight is 1170 g/mol. The third-order valence-corrected chi connectivity index (χ3v) is 15.0. The van der Waals surface area contributed by atoms with E-state index in [4.69, 9.17) is 0 Å². The molecule has 0 amide bonds. The molecule has 8 aromatic rings. The zero-order valence-electron chi connectivity index (χ0n) is 46.0. The first-order valence-corrected chi connectivity index (χ1v) is 27.8. The Kier molecular flexibility index (Phi) is 26.2. The first-order valence-electron chi connectivity index (χ1n) is 25.4. The van der Waals surface area contributed by atoms with Crippen molar-refractivity contribution in [3.63, 3.8) is 0 Å². The summed E-state index contributed by atoms with van der Waals surface area (Å²) in [4.78, 5) is 0.